The summed E-state index contributed by atoms with van der Waals surface area (Å²) in [6.07, 6.45) is 0. The first-order valence-electron chi connectivity index (χ1n) is 5.76. The maximum absolute atomic E-state index is 5.57. The highest BCUT2D eigenvalue weighted by molar-refractivity contribution is 14.1. The van der Waals surface area contributed by atoms with Crippen molar-refractivity contribution in [2.45, 2.75) is 26.8 Å². The van der Waals surface area contributed by atoms with Gasteiger partial charge in [-0.15, -0.1) is 0 Å². The van der Waals surface area contributed by atoms with E-state index in [0.717, 1.165) is 21.7 Å². The van der Waals surface area contributed by atoms with Gasteiger partial charge in [0.05, 0.1) is 6.04 Å². The van der Waals surface area contributed by atoms with Gasteiger partial charge < -0.3 is 9.73 Å². The molecule has 0 amide bonds. The molecule has 0 bridgehead atoms. The highest BCUT2D eigenvalue weighted by atomic mass is 127. The summed E-state index contributed by atoms with van der Waals surface area (Å²) in [4.78, 5) is 0. The average molecular weight is 420 g/mol. The first kappa shape index (κ1) is 13.9. The molecule has 0 aliphatic heterocycles. The third-order valence-electron chi connectivity index (χ3n) is 2.85. The van der Waals surface area contributed by atoms with E-state index in [2.05, 4.69) is 75.0 Å². The maximum Gasteiger partial charge on any atom is 0.106 e. The highest BCUT2D eigenvalue weighted by Crippen LogP contribution is 2.30. The standard InChI is InChI=1S/C14H15BrINO/c1-8-6-12(10(3)18-8)9(2)17-14-5-4-11(16)7-13(14)15/h4-7,9,17H,1-3H3. The van der Waals surface area contributed by atoms with E-state index < -0.39 is 0 Å². The van der Waals surface area contributed by atoms with Crippen LogP contribution in [0.5, 0.6) is 0 Å². The number of hydrogen-bond acceptors (Lipinski definition) is 2. The number of hydrogen-bond donors (Lipinski definition) is 1. The van der Waals surface area contributed by atoms with Crippen molar-refractivity contribution in [2.75, 3.05) is 5.32 Å². The van der Waals surface area contributed by atoms with Gasteiger partial charge in [0.1, 0.15) is 11.5 Å². The predicted octanol–water partition coefficient (Wildman–Crippen LogP) is 5.44. The van der Waals surface area contributed by atoms with E-state index >= 15 is 0 Å². The van der Waals surface area contributed by atoms with Gasteiger partial charge in [-0.05, 0) is 83.6 Å². The van der Waals surface area contributed by atoms with E-state index in [1.54, 1.807) is 0 Å². The number of rotatable bonds is 3. The monoisotopic (exact) mass is 419 g/mol. The van der Waals surface area contributed by atoms with Crippen LogP contribution in [0.2, 0.25) is 0 Å². The molecule has 1 aromatic carbocycles. The largest absolute Gasteiger partial charge is 0.466 e. The van der Waals surface area contributed by atoms with E-state index in [-0.39, 0.29) is 6.04 Å². The van der Waals surface area contributed by atoms with Crippen LogP contribution in [0.1, 0.15) is 30.0 Å². The van der Waals surface area contributed by atoms with E-state index in [1.807, 2.05) is 13.8 Å². The van der Waals surface area contributed by atoms with Crippen molar-refractivity contribution in [3.8, 4) is 0 Å². The fourth-order valence-corrected chi connectivity index (χ4v) is 3.41. The second-order valence-electron chi connectivity index (χ2n) is 4.36. The number of benzene rings is 1. The van der Waals surface area contributed by atoms with Crippen molar-refractivity contribution in [3.63, 3.8) is 0 Å². The molecule has 0 aliphatic carbocycles. The van der Waals surface area contributed by atoms with Gasteiger partial charge in [-0.3, -0.25) is 0 Å². The SMILES string of the molecule is Cc1cc(C(C)Nc2ccc(I)cc2Br)c(C)o1. The summed E-state index contributed by atoms with van der Waals surface area (Å²) < 4.78 is 7.87. The fourth-order valence-electron chi connectivity index (χ4n) is 2.00. The summed E-state index contributed by atoms with van der Waals surface area (Å²) in [5.74, 6) is 1.94. The van der Waals surface area contributed by atoms with Crippen molar-refractivity contribution < 1.29 is 4.42 Å². The molecule has 0 saturated heterocycles. The van der Waals surface area contributed by atoms with Crippen LogP contribution in [0, 0.1) is 17.4 Å². The summed E-state index contributed by atoms with van der Waals surface area (Å²) in [5, 5.41) is 3.50. The number of anilines is 1. The zero-order chi connectivity index (χ0) is 13.3. The molecule has 0 fully saturated rings. The lowest BCUT2D eigenvalue weighted by molar-refractivity contribution is 0.500. The van der Waals surface area contributed by atoms with Gasteiger partial charge >= 0.3 is 0 Å². The van der Waals surface area contributed by atoms with Crippen molar-refractivity contribution in [1.82, 2.24) is 0 Å². The highest BCUT2D eigenvalue weighted by Gasteiger charge is 2.13. The molecule has 1 atom stereocenters. The fraction of sp³-hybridized carbons (Fsp3) is 0.286. The van der Waals surface area contributed by atoms with Crippen LogP contribution in [0.4, 0.5) is 5.69 Å². The van der Waals surface area contributed by atoms with E-state index in [0.29, 0.717) is 0 Å². The van der Waals surface area contributed by atoms with Gasteiger partial charge in [0, 0.05) is 19.3 Å². The minimum Gasteiger partial charge on any atom is -0.466 e. The Kier molecular flexibility index (Phi) is 4.37. The Morgan fingerprint density at radius 3 is 2.56 bits per heavy atom. The molecular weight excluding hydrogens is 405 g/mol. The minimum absolute atomic E-state index is 0.221. The summed E-state index contributed by atoms with van der Waals surface area (Å²) in [7, 11) is 0. The van der Waals surface area contributed by atoms with Crippen LogP contribution < -0.4 is 5.32 Å². The molecule has 0 saturated carbocycles. The average Bonchev–Trinajstić information content (AvgIpc) is 2.62. The maximum atomic E-state index is 5.57. The second-order valence-corrected chi connectivity index (χ2v) is 6.46. The first-order chi connectivity index (χ1) is 8.47. The number of aryl methyl sites for hydroxylation is 2. The lowest BCUT2D eigenvalue weighted by Gasteiger charge is -2.16. The van der Waals surface area contributed by atoms with Crippen LogP contribution in [-0.4, -0.2) is 0 Å². The van der Waals surface area contributed by atoms with Crippen LogP contribution in [0.15, 0.2) is 33.2 Å². The predicted molar refractivity (Wildman–Crippen MR) is 87.1 cm³/mol. The Hall–Kier alpha value is -0.490. The minimum atomic E-state index is 0.221. The van der Waals surface area contributed by atoms with Crippen molar-refractivity contribution >= 4 is 44.2 Å². The molecule has 0 aliphatic rings. The Morgan fingerprint density at radius 1 is 1.28 bits per heavy atom. The van der Waals surface area contributed by atoms with Crippen molar-refractivity contribution in [2.24, 2.45) is 0 Å². The Labute approximate surface area is 129 Å². The molecule has 1 N–H and O–H groups in total. The molecular formula is C14H15BrINO. The number of halogens is 2. The first-order valence-corrected chi connectivity index (χ1v) is 7.63. The van der Waals surface area contributed by atoms with Gasteiger partial charge in [-0.2, -0.15) is 0 Å². The quantitative estimate of drug-likeness (QED) is 0.670. The van der Waals surface area contributed by atoms with E-state index in [4.69, 9.17) is 4.42 Å². The molecule has 1 unspecified atom stereocenters. The van der Waals surface area contributed by atoms with E-state index in [9.17, 15) is 0 Å². The molecule has 4 heteroatoms. The van der Waals surface area contributed by atoms with Crippen LogP contribution >= 0.6 is 38.5 Å². The lowest BCUT2D eigenvalue weighted by Crippen LogP contribution is -2.07. The number of nitrogens with one attached hydrogen (secondary N) is 1. The third-order valence-corrected chi connectivity index (χ3v) is 4.18. The lowest BCUT2D eigenvalue weighted by atomic mass is 10.1. The zero-order valence-corrected chi connectivity index (χ0v) is 14.3. The third kappa shape index (κ3) is 3.09. The molecule has 18 heavy (non-hydrogen) atoms. The molecule has 2 nitrogen and oxygen atoms in total. The van der Waals surface area contributed by atoms with E-state index in [1.165, 1.54) is 9.13 Å². The van der Waals surface area contributed by atoms with Gasteiger partial charge in [-0.1, -0.05) is 0 Å². The Bertz CT molecular complexity index is 565. The summed E-state index contributed by atoms with van der Waals surface area (Å²) >= 11 is 5.88. The smallest absolute Gasteiger partial charge is 0.106 e. The molecule has 0 spiro atoms. The summed E-state index contributed by atoms with van der Waals surface area (Å²) in [6.45, 7) is 6.12. The van der Waals surface area contributed by atoms with Gasteiger partial charge in [0.25, 0.3) is 0 Å². The molecule has 2 rings (SSSR count). The molecule has 0 radical (unpaired) electrons. The van der Waals surface area contributed by atoms with Crippen LogP contribution in [0.3, 0.4) is 0 Å². The second kappa shape index (κ2) is 5.65. The van der Waals surface area contributed by atoms with Crippen LogP contribution in [-0.2, 0) is 0 Å². The Morgan fingerprint density at radius 2 is 2.00 bits per heavy atom. The number of furan rings is 1. The molecule has 96 valence electrons. The van der Waals surface area contributed by atoms with Crippen molar-refractivity contribution in [3.05, 3.63) is 49.4 Å². The van der Waals surface area contributed by atoms with Gasteiger partial charge in [-0.25, -0.2) is 0 Å². The normalized spacial score (nSPS) is 12.5. The van der Waals surface area contributed by atoms with Crippen LogP contribution in [0.25, 0.3) is 0 Å². The van der Waals surface area contributed by atoms with Crippen molar-refractivity contribution in [1.29, 1.82) is 0 Å². The molecule has 1 aromatic heterocycles. The zero-order valence-electron chi connectivity index (χ0n) is 10.6. The molecule has 2 aromatic rings. The molecule has 1 heterocycles. The van der Waals surface area contributed by atoms with Gasteiger partial charge in [0.15, 0.2) is 0 Å². The van der Waals surface area contributed by atoms with Gasteiger partial charge in [0.2, 0.25) is 0 Å². The Balaban J connectivity index is 2.21. The summed E-state index contributed by atoms with van der Waals surface area (Å²) in [6, 6.07) is 8.59. The summed E-state index contributed by atoms with van der Waals surface area (Å²) in [5.41, 5.74) is 2.30. The topological polar surface area (TPSA) is 25.2 Å².